The highest BCUT2D eigenvalue weighted by molar-refractivity contribution is 7.99. The lowest BCUT2D eigenvalue weighted by atomic mass is 10.3. The van der Waals surface area contributed by atoms with Gasteiger partial charge in [-0.25, -0.2) is 24.9 Å². The third kappa shape index (κ3) is 2.86. The van der Waals surface area contributed by atoms with Gasteiger partial charge in [0.05, 0.1) is 6.33 Å². The van der Waals surface area contributed by atoms with Crippen molar-refractivity contribution in [3.05, 3.63) is 30.6 Å². The molecule has 0 unspecified atom stereocenters. The van der Waals surface area contributed by atoms with Crippen LogP contribution in [-0.4, -0.2) is 35.9 Å². The predicted octanol–water partition coefficient (Wildman–Crippen LogP) is 1.55. The molecule has 3 aromatic rings. The summed E-state index contributed by atoms with van der Waals surface area (Å²) in [5.41, 5.74) is 2.56. The summed E-state index contributed by atoms with van der Waals surface area (Å²) in [5.74, 6) is 0. The molecule has 4 rings (SSSR count). The van der Waals surface area contributed by atoms with Gasteiger partial charge in [-0.3, -0.25) is 0 Å². The largest absolute Gasteiger partial charge is 0.341 e. The number of nitrogens with one attached hydrogen (secondary N) is 2. The van der Waals surface area contributed by atoms with E-state index in [0.717, 1.165) is 22.7 Å². The zero-order valence-corrected chi connectivity index (χ0v) is 12.0. The summed E-state index contributed by atoms with van der Waals surface area (Å²) in [7, 11) is 0. The quantitative estimate of drug-likeness (QED) is 0.545. The van der Waals surface area contributed by atoms with Crippen LogP contribution in [0, 0.1) is 0 Å². The van der Waals surface area contributed by atoms with Crippen molar-refractivity contribution in [3.8, 4) is 0 Å². The Morgan fingerprint density at radius 2 is 2.00 bits per heavy atom. The van der Waals surface area contributed by atoms with E-state index in [2.05, 4.69) is 35.2 Å². The van der Waals surface area contributed by atoms with Crippen LogP contribution in [0.15, 0.2) is 35.2 Å². The first-order valence-electron chi connectivity index (χ1n) is 6.75. The van der Waals surface area contributed by atoms with Crippen LogP contribution in [0.2, 0.25) is 0 Å². The van der Waals surface area contributed by atoms with E-state index >= 15 is 0 Å². The lowest BCUT2D eigenvalue weighted by Crippen LogP contribution is -2.15. The van der Waals surface area contributed by atoms with Crippen molar-refractivity contribution >= 4 is 22.9 Å². The van der Waals surface area contributed by atoms with Crippen LogP contribution in [0.4, 0.5) is 0 Å². The van der Waals surface area contributed by atoms with E-state index in [1.165, 1.54) is 30.9 Å². The molecular weight excluding hydrogens is 286 g/mol. The number of rotatable bonds is 5. The molecule has 0 aliphatic heterocycles. The number of nitrogens with zero attached hydrogens (tertiary/aromatic N) is 5. The van der Waals surface area contributed by atoms with E-state index in [4.69, 9.17) is 0 Å². The van der Waals surface area contributed by atoms with E-state index in [1.807, 2.05) is 12.4 Å². The Kier molecular flexibility index (Phi) is 3.24. The second-order valence-corrected chi connectivity index (χ2v) is 5.87. The minimum atomic E-state index is 0.651. The number of hydrogen-bond donors (Lipinski definition) is 2. The van der Waals surface area contributed by atoms with Crippen molar-refractivity contribution in [2.24, 2.45) is 0 Å². The van der Waals surface area contributed by atoms with Crippen molar-refractivity contribution < 1.29 is 0 Å². The van der Waals surface area contributed by atoms with Gasteiger partial charge in [-0.2, -0.15) is 0 Å². The molecule has 1 aliphatic carbocycles. The fourth-order valence-corrected chi connectivity index (χ4v) is 2.68. The molecule has 21 heavy (non-hydrogen) atoms. The summed E-state index contributed by atoms with van der Waals surface area (Å²) in [6, 6.07) is 0.689. The first-order valence-corrected chi connectivity index (χ1v) is 7.56. The average Bonchev–Trinajstić information content (AvgIpc) is 3.22. The van der Waals surface area contributed by atoms with Gasteiger partial charge in [0.1, 0.15) is 16.9 Å². The smallest absolute Gasteiger partial charge is 0.193 e. The molecule has 0 spiro atoms. The van der Waals surface area contributed by atoms with Crippen LogP contribution < -0.4 is 5.32 Å². The lowest BCUT2D eigenvalue weighted by Gasteiger charge is -2.03. The highest BCUT2D eigenvalue weighted by atomic mass is 32.2. The number of imidazole rings is 1. The van der Waals surface area contributed by atoms with Crippen molar-refractivity contribution in [2.75, 3.05) is 0 Å². The normalized spacial score (nSPS) is 14.7. The minimum Gasteiger partial charge on any atom is -0.341 e. The second kappa shape index (κ2) is 5.38. The molecule has 7 nitrogen and oxygen atoms in total. The highest BCUT2D eigenvalue weighted by Gasteiger charge is 2.20. The minimum absolute atomic E-state index is 0.651. The summed E-state index contributed by atoms with van der Waals surface area (Å²) in [5, 5.41) is 4.89. The van der Waals surface area contributed by atoms with Gasteiger partial charge < -0.3 is 10.3 Å². The standard InChI is InChI=1S/C13H13N7S/c1-2-9(1)14-3-8-4-15-13(16-5-8)21-12-10-11(18-6-17-10)19-7-20-12/h4-7,9,14H,1-3H2,(H,17,18,19,20). The van der Waals surface area contributed by atoms with Crippen LogP contribution in [0.3, 0.4) is 0 Å². The summed E-state index contributed by atoms with van der Waals surface area (Å²) in [4.78, 5) is 24.3. The fourth-order valence-electron chi connectivity index (χ4n) is 1.94. The van der Waals surface area contributed by atoms with Crippen molar-refractivity contribution in [3.63, 3.8) is 0 Å². The molecule has 0 radical (unpaired) electrons. The molecule has 3 heterocycles. The number of fused-ring (bicyclic) bond motifs is 1. The van der Waals surface area contributed by atoms with Gasteiger partial charge in [0, 0.05) is 30.5 Å². The van der Waals surface area contributed by atoms with Gasteiger partial charge in [0.2, 0.25) is 0 Å². The third-order valence-electron chi connectivity index (χ3n) is 3.23. The summed E-state index contributed by atoms with van der Waals surface area (Å²) in [6.45, 7) is 0.827. The predicted molar refractivity (Wildman–Crippen MR) is 77.7 cm³/mol. The Hall–Kier alpha value is -2.06. The van der Waals surface area contributed by atoms with E-state index in [1.54, 1.807) is 6.33 Å². The molecule has 1 fully saturated rings. The molecule has 1 saturated carbocycles. The van der Waals surface area contributed by atoms with Crippen LogP contribution in [0.5, 0.6) is 0 Å². The molecule has 0 amide bonds. The Bertz CT molecular complexity index is 751. The Balaban J connectivity index is 1.49. The Morgan fingerprint density at radius 3 is 2.81 bits per heavy atom. The van der Waals surface area contributed by atoms with Crippen LogP contribution >= 0.6 is 11.8 Å². The fraction of sp³-hybridized carbons (Fsp3) is 0.308. The third-order valence-corrected chi connectivity index (χ3v) is 4.13. The Morgan fingerprint density at radius 1 is 1.14 bits per heavy atom. The maximum Gasteiger partial charge on any atom is 0.193 e. The van der Waals surface area contributed by atoms with Gasteiger partial charge in [0.15, 0.2) is 10.8 Å². The zero-order chi connectivity index (χ0) is 14.1. The van der Waals surface area contributed by atoms with Crippen molar-refractivity contribution in [2.45, 2.75) is 35.6 Å². The molecular formula is C13H13N7S. The van der Waals surface area contributed by atoms with Gasteiger partial charge >= 0.3 is 0 Å². The number of H-pyrrole nitrogens is 1. The zero-order valence-electron chi connectivity index (χ0n) is 11.2. The number of hydrogen-bond acceptors (Lipinski definition) is 7. The van der Waals surface area contributed by atoms with Gasteiger partial charge in [-0.15, -0.1) is 0 Å². The number of aromatic amines is 1. The topological polar surface area (TPSA) is 92.3 Å². The molecule has 0 bridgehead atoms. The Labute approximate surface area is 125 Å². The van der Waals surface area contributed by atoms with Gasteiger partial charge in [-0.1, -0.05) is 0 Å². The number of aromatic nitrogens is 6. The second-order valence-electron chi connectivity index (χ2n) is 4.91. The lowest BCUT2D eigenvalue weighted by molar-refractivity contribution is 0.680. The molecule has 106 valence electrons. The van der Waals surface area contributed by atoms with Crippen molar-refractivity contribution in [1.82, 2.24) is 35.2 Å². The first-order chi connectivity index (χ1) is 10.4. The molecule has 0 saturated heterocycles. The summed E-state index contributed by atoms with van der Waals surface area (Å²) < 4.78 is 0. The molecule has 8 heteroatoms. The van der Waals surface area contributed by atoms with Gasteiger partial charge in [-0.05, 0) is 24.6 Å². The molecule has 0 atom stereocenters. The SMILES string of the molecule is c1nc(Sc2ncc(CNC3CC3)cn2)c2[nH]cnc2n1. The maximum absolute atomic E-state index is 4.38. The van der Waals surface area contributed by atoms with Crippen LogP contribution in [0.25, 0.3) is 11.2 Å². The molecule has 3 aromatic heterocycles. The molecule has 1 aliphatic rings. The van der Waals surface area contributed by atoms with E-state index in [-0.39, 0.29) is 0 Å². The molecule has 2 N–H and O–H groups in total. The maximum atomic E-state index is 4.38. The van der Waals surface area contributed by atoms with Gasteiger partial charge in [0.25, 0.3) is 0 Å². The van der Waals surface area contributed by atoms with Crippen LogP contribution in [0.1, 0.15) is 18.4 Å². The van der Waals surface area contributed by atoms with Crippen molar-refractivity contribution in [1.29, 1.82) is 0 Å². The average molecular weight is 299 g/mol. The summed E-state index contributed by atoms with van der Waals surface area (Å²) in [6.07, 6.45) is 9.38. The molecule has 0 aromatic carbocycles. The van der Waals surface area contributed by atoms with E-state index in [0.29, 0.717) is 16.8 Å². The van der Waals surface area contributed by atoms with E-state index in [9.17, 15) is 0 Å². The summed E-state index contributed by atoms with van der Waals surface area (Å²) >= 11 is 1.40. The van der Waals surface area contributed by atoms with E-state index < -0.39 is 0 Å². The first kappa shape index (κ1) is 12.7. The highest BCUT2D eigenvalue weighted by Crippen LogP contribution is 2.26. The van der Waals surface area contributed by atoms with Crippen LogP contribution in [-0.2, 0) is 6.54 Å². The monoisotopic (exact) mass is 299 g/mol.